The molecule has 0 aliphatic heterocycles. The highest BCUT2D eigenvalue weighted by atomic mass is 32.1. The molecule has 1 aromatic heterocycles. The van der Waals surface area contributed by atoms with Crippen LogP contribution in [0.2, 0.25) is 0 Å². The van der Waals surface area contributed by atoms with Crippen LogP contribution in [0, 0.1) is 0 Å². The lowest BCUT2D eigenvalue weighted by Crippen LogP contribution is -2.61. The van der Waals surface area contributed by atoms with Crippen molar-refractivity contribution in [3.63, 3.8) is 0 Å². The number of amides is 1. The molecule has 0 spiro atoms. The van der Waals surface area contributed by atoms with Crippen LogP contribution in [0.15, 0.2) is 16.8 Å². The molecule has 1 amide bonds. The monoisotopic (exact) mass is 267 g/mol. The standard InChI is InChI=1S/C9H8F3NO3S/c1-8(7(15)16,9(10,11)12)13-6(14)5-2-3-17-4-5/h2-4H,1H3,(H,13,14)(H,15,16). The maximum atomic E-state index is 12.6. The first-order chi connectivity index (χ1) is 7.68. The number of carboxylic acids is 1. The number of aliphatic carboxylic acids is 1. The van der Waals surface area contributed by atoms with Gasteiger partial charge in [0.05, 0.1) is 5.56 Å². The van der Waals surface area contributed by atoms with Crippen LogP contribution < -0.4 is 5.32 Å². The van der Waals surface area contributed by atoms with E-state index >= 15 is 0 Å². The van der Waals surface area contributed by atoms with E-state index in [2.05, 4.69) is 0 Å². The van der Waals surface area contributed by atoms with E-state index in [1.165, 1.54) is 22.1 Å². The third-order valence-corrected chi connectivity index (χ3v) is 2.82. The number of carboxylic acid groups (broad SMARTS) is 1. The molecule has 0 aliphatic carbocycles. The Bertz CT molecular complexity index is 429. The third-order valence-electron chi connectivity index (χ3n) is 2.14. The second-order valence-corrected chi connectivity index (χ2v) is 4.17. The molecular weight excluding hydrogens is 259 g/mol. The molecule has 2 N–H and O–H groups in total. The summed E-state index contributed by atoms with van der Waals surface area (Å²) in [6, 6.07) is 1.30. The fourth-order valence-electron chi connectivity index (χ4n) is 0.938. The number of carbonyl (C=O) groups excluding carboxylic acids is 1. The van der Waals surface area contributed by atoms with Gasteiger partial charge in [0, 0.05) is 5.38 Å². The van der Waals surface area contributed by atoms with Crippen molar-refractivity contribution in [2.75, 3.05) is 0 Å². The molecule has 17 heavy (non-hydrogen) atoms. The highest BCUT2D eigenvalue weighted by Gasteiger charge is 2.58. The lowest BCUT2D eigenvalue weighted by molar-refractivity contribution is -0.203. The van der Waals surface area contributed by atoms with Gasteiger partial charge in [-0.05, 0) is 18.4 Å². The number of carbonyl (C=O) groups is 2. The number of thiophene rings is 1. The Morgan fingerprint density at radius 3 is 2.35 bits per heavy atom. The first-order valence-corrected chi connectivity index (χ1v) is 5.27. The number of nitrogens with one attached hydrogen (secondary N) is 1. The lowest BCUT2D eigenvalue weighted by atomic mass is 10.0. The summed E-state index contributed by atoms with van der Waals surface area (Å²) in [4.78, 5) is 22.0. The molecule has 0 radical (unpaired) electrons. The summed E-state index contributed by atoms with van der Waals surface area (Å²) in [5.74, 6) is -3.23. The van der Waals surface area contributed by atoms with Gasteiger partial charge in [0.15, 0.2) is 0 Å². The van der Waals surface area contributed by atoms with Crippen molar-refractivity contribution < 1.29 is 27.9 Å². The van der Waals surface area contributed by atoms with E-state index in [4.69, 9.17) is 5.11 Å². The molecule has 8 heteroatoms. The molecule has 1 rings (SSSR count). The predicted molar refractivity (Wildman–Crippen MR) is 53.9 cm³/mol. The Hall–Kier alpha value is -1.57. The average Bonchev–Trinajstić information content (AvgIpc) is 2.67. The molecule has 0 aromatic carbocycles. The maximum Gasteiger partial charge on any atom is 0.422 e. The Labute approximate surface area is 98.1 Å². The molecule has 4 nitrogen and oxygen atoms in total. The quantitative estimate of drug-likeness (QED) is 0.878. The zero-order valence-electron chi connectivity index (χ0n) is 8.54. The van der Waals surface area contributed by atoms with Crippen molar-refractivity contribution in [1.29, 1.82) is 0 Å². The van der Waals surface area contributed by atoms with Crippen LogP contribution in [-0.2, 0) is 4.79 Å². The van der Waals surface area contributed by atoms with E-state index in [1.807, 2.05) is 0 Å². The fourth-order valence-corrected chi connectivity index (χ4v) is 1.57. The molecule has 1 unspecified atom stereocenters. The van der Waals surface area contributed by atoms with Crippen LogP contribution in [0.25, 0.3) is 0 Å². The third kappa shape index (κ3) is 2.57. The Balaban J connectivity index is 2.97. The summed E-state index contributed by atoms with van der Waals surface area (Å²) < 4.78 is 37.7. The van der Waals surface area contributed by atoms with Gasteiger partial charge >= 0.3 is 12.1 Å². The Morgan fingerprint density at radius 1 is 1.41 bits per heavy atom. The molecule has 0 saturated heterocycles. The van der Waals surface area contributed by atoms with E-state index in [1.54, 1.807) is 0 Å². The van der Waals surface area contributed by atoms with E-state index in [0.717, 1.165) is 11.3 Å². The molecule has 0 fully saturated rings. The van der Waals surface area contributed by atoms with Crippen LogP contribution in [0.5, 0.6) is 0 Å². The van der Waals surface area contributed by atoms with E-state index < -0.39 is 23.6 Å². The largest absolute Gasteiger partial charge is 0.479 e. The van der Waals surface area contributed by atoms with Crippen LogP contribution in [0.3, 0.4) is 0 Å². The molecule has 1 aromatic rings. The van der Waals surface area contributed by atoms with Crippen molar-refractivity contribution in [2.45, 2.75) is 18.6 Å². The lowest BCUT2D eigenvalue weighted by Gasteiger charge is -2.28. The van der Waals surface area contributed by atoms with Gasteiger partial charge in [0.2, 0.25) is 5.54 Å². The van der Waals surface area contributed by atoms with Gasteiger partial charge in [-0.15, -0.1) is 0 Å². The van der Waals surface area contributed by atoms with Crippen LogP contribution >= 0.6 is 11.3 Å². The molecule has 0 bridgehead atoms. The molecule has 0 aliphatic rings. The van der Waals surface area contributed by atoms with Gasteiger partial charge in [-0.1, -0.05) is 0 Å². The number of hydrogen-bond donors (Lipinski definition) is 2. The van der Waals surface area contributed by atoms with Crippen molar-refractivity contribution in [1.82, 2.24) is 5.32 Å². The van der Waals surface area contributed by atoms with Crippen LogP contribution in [0.1, 0.15) is 17.3 Å². The van der Waals surface area contributed by atoms with Crippen molar-refractivity contribution in [3.8, 4) is 0 Å². The smallest absolute Gasteiger partial charge is 0.422 e. The summed E-state index contributed by atoms with van der Waals surface area (Å²) >= 11 is 1.12. The minimum absolute atomic E-state index is 0.00766. The van der Waals surface area contributed by atoms with Gasteiger partial charge in [0.1, 0.15) is 0 Å². The second-order valence-electron chi connectivity index (χ2n) is 3.39. The first kappa shape index (κ1) is 13.5. The molecule has 94 valence electrons. The number of alkyl halides is 3. The maximum absolute atomic E-state index is 12.6. The first-order valence-electron chi connectivity index (χ1n) is 4.33. The normalized spacial score (nSPS) is 15.1. The van der Waals surface area contributed by atoms with Gasteiger partial charge in [-0.25, -0.2) is 4.79 Å². The zero-order valence-corrected chi connectivity index (χ0v) is 9.35. The van der Waals surface area contributed by atoms with Crippen molar-refractivity contribution in [3.05, 3.63) is 22.4 Å². The summed E-state index contributed by atoms with van der Waals surface area (Å²) in [7, 11) is 0. The minimum atomic E-state index is -5.08. The summed E-state index contributed by atoms with van der Waals surface area (Å²) in [6.07, 6.45) is -5.08. The topological polar surface area (TPSA) is 66.4 Å². The summed E-state index contributed by atoms with van der Waals surface area (Å²) in [6.45, 7) is 0.402. The highest BCUT2D eigenvalue weighted by molar-refractivity contribution is 7.08. The zero-order chi connectivity index (χ0) is 13.3. The number of rotatable bonds is 3. The van der Waals surface area contributed by atoms with Gasteiger partial charge in [-0.2, -0.15) is 24.5 Å². The summed E-state index contributed by atoms with van der Waals surface area (Å²) in [5, 5.41) is 12.9. The highest BCUT2D eigenvalue weighted by Crippen LogP contribution is 2.30. The van der Waals surface area contributed by atoms with Gasteiger partial charge in [0.25, 0.3) is 5.91 Å². The van der Waals surface area contributed by atoms with Gasteiger partial charge in [-0.3, -0.25) is 4.79 Å². The predicted octanol–water partition coefficient (Wildman–Crippen LogP) is 1.88. The Morgan fingerprint density at radius 2 is 2.00 bits per heavy atom. The fraction of sp³-hybridized carbons (Fsp3) is 0.333. The SMILES string of the molecule is CC(NC(=O)c1ccsc1)(C(=O)O)C(F)(F)F. The number of halogens is 3. The Kier molecular flexibility index (Phi) is 3.46. The molecule has 0 saturated carbocycles. The molecular formula is C9H8F3NO3S. The van der Waals surface area contributed by atoms with Crippen molar-refractivity contribution >= 4 is 23.2 Å². The van der Waals surface area contributed by atoms with E-state index in [0.29, 0.717) is 6.92 Å². The molecule has 1 heterocycles. The minimum Gasteiger partial charge on any atom is -0.479 e. The number of hydrogen-bond acceptors (Lipinski definition) is 3. The van der Waals surface area contributed by atoms with Crippen molar-refractivity contribution in [2.24, 2.45) is 0 Å². The van der Waals surface area contributed by atoms with E-state index in [9.17, 15) is 22.8 Å². The summed E-state index contributed by atoms with van der Waals surface area (Å²) in [5.41, 5.74) is -3.31. The van der Waals surface area contributed by atoms with Gasteiger partial charge < -0.3 is 10.4 Å². The van der Waals surface area contributed by atoms with E-state index in [-0.39, 0.29) is 5.56 Å². The van der Waals surface area contributed by atoms with Crippen LogP contribution in [0.4, 0.5) is 13.2 Å². The van der Waals surface area contributed by atoms with Crippen LogP contribution in [-0.4, -0.2) is 28.7 Å². The molecule has 1 atom stereocenters. The average molecular weight is 267 g/mol. The second kappa shape index (κ2) is 4.36.